The van der Waals surface area contributed by atoms with E-state index < -0.39 is 0 Å². The molecule has 0 spiro atoms. The second-order valence-electron chi connectivity index (χ2n) is 8.56. The van der Waals surface area contributed by atoms with Crippen molar-refractivity contribution in [1.82, 2.24) is 9.88 Å². The highest BCUT2D eigenvalue weighted by Gasteiger charge is 2.14. The van der Waals surface area contributed by atoms with Crippen LogP contribution in [0.4, 0.5) is 5.13 Å². The Balaban J connectivity index is 0.000000172. The lowest BCUT2D eigenvalue weighted by atomic mass is 9.99. The molecule has 3 nitrogen and oxygen atoms in total. The summed E-state index contributed by atoms with van der Waals surface area (Å²) in [6.45, 7) is 10.5. The molecule has 2 N–H and O–H groups in total. The van der Waals surface area contributed by atoms with Crippen LogP contribution in [0.15, 0.2) is 36.4 Å². The average molecular weight is 442 g/mol. The van der Waals surface area contributed by atoms with Gasteiger partial charge in [0.15, 0.2) is 5.13 Å². The fourth-order valence-corrected chi connectivity index (χ4v) is 4.91. The number of thiazole rings is 1. The third-order valence-corrected chi connectivity index (χ3v) is 7.19. The van der Waals surface area contributed by atoms with E-state index in [1.54, 1.807) is 11.3 Å². The number of nitrogens with zero attached hydrogens (tertiary/aromatic N) is 2. The standard InChI is InChI=1S/C14H22NP.C11H14N2S/c1-12-6-9-15(10-7-12)11-8-13-2-4-14(16)5-3-13;1-3-4-8-6-10-9(5-7(8)2)13-11(12)14-10/h2-5,12H,6-11,16H2,1H3;5-6H,3-4H2,1-2H3,(H2,12,13). The van der Waals surface area contributed by atoms with E-state index in [2.05, 4.69) is 76.3 Å². The van der Waals surface area contributed by atoms with Crippen LogP contribution in [0.1, 0.15) is 49.8 Å². The lowest BCUT2D eigenvalue weighted by Gasteiger charge is -2.30. The van der Waals surface area contributed by atoms with Gasteiger partial charge in [-0.15, -0.1) is 9.24 Å². The third kappa shape index (κ3) is 6.77. The maximum Gasteiger partial charge on any atom is 0.181 e. The fourth-order valence-electron chi connectivity index (χ4n) is 3.93. The van der Waals surface area contributed by atoms with Crippen molar-refractivity contribution >= 4 is 41.2 Å². The number of likely N-dealkylation sites (tertiary alicyclic amines) is 1. The Morgan fingerprint density at radius 3 is 2.50 bits per heavy atom. The topological polar surface area (TPSA) is 42.1 Å². The highest BCUT2D eigenvalue weighted by molar-refractivity contribution is 7.27. The molecule has 1 aromatic heterocycles. The molecule has 1 saturated heterocycles. The summed E-state index contributed by atoms with van der Waals surface area (Å²) in [6.07, 6.45) is 6.27. The van der Waals surface area contributed by atoms with Crippen LogP contribution in [0.25, 0.3) is 10.2 Å². The van der Waals surface area contributed by atoms with E-state index in [-0.39, 0.29) is 0 Å². The van der Waals surface area contributed by atoms with Gasteiger partial charge in [0.25, 0.3) is 0 Å². The first-order valence-electron chi connectivity index (χ1n) is 11.2. The van der Waals surface area contributed by atoms with E-state index in [0.29, 0.717) is 5.13 Å². The second-order valence-corrected chi connectivity index (χ2v) is 10.3. The molecule has 5 heteroatoms. The predicted molar refractivity (Wildman–Crippen MR) is 137 cm³/mol. The quantitative estimate of drug-likeness (QED) is 0.524. The number of anilines is 1. The largest absolute Gasteiger partial charge is 0.375 e. The van der Waals surface area contributed by atoms with Gasteiger partial charge in [-0.1, -0.05) is 55.9 Å². The molecule has 1 fully saturated rings. The summed E-state index contributed by atoms with van der Waals surface area (Å²) in [5.41, 5.74) is 10.9. The Hall–Kier alpha value is -1.48. The molecule has 30 heavy (non-hydrogen) atoms. The van der Waals surface area contributed by atoms with Gasteiger partial charge in [-0.3, -0.25) is 0 Å². The summed E-state index contributed by atoms with van der Waals surface area (Å²) in [7, 11) is 2.74. The van der Waals surface area contributed by atoms with Crippen LogP contribution in [0.2, 0.25) is 0 Å². The molecule has 0 bridgehead atoms. The molecule has 0 radical (unpaired) electrons. The molecule has 1 unspecified atom stereocenters. The number of nitrogen functional groups attached to an aromatic ring is 1. The number of nitrogens with two attached hydrogens (primary N) is 1. The first kappa shape index (κ1) is 23.2. The van der Waals surface area contributed by atoms with Gasteiger partial charge in [0.05, 0.1) is 10.2 Å². The number of aryl methyl sites for hydroxylation is 2. The van der Waals surface area contributed by atoms with Crippen LogP contribution in [-0.4, -0.2) is 29.5 Å². The van der Waals surface area contributed by atoms with Crippen molar-refractivity contribution in [3.05, 3.63) is 53.1 Å². The van der Waals surface area contributed by atoms with E-state index >= 15 is 0 Å². The molecular weight excluding hydrogens is 405 g/mol. The van der Waals surface area contributed by atoms with Gasteiger partial charge in [0.1, 0.15) is 0 Å². The summed E-state index contributed by atoms with van der Waals surface area (Å²) in [5.74, 6) is 0.938. The number of benzene rings is 2. The van der Waals surface area contributed by atoms with E-state index in [0.717, 1.165) is 17.9 Å². The summed E-state index contributed by atoms with van der Waals surface area (Å²) in [5, 5.41) is 1.93. The van der Waals surface area contributed by atoms with Crippen molar-refractivity contribution in [2.45, 2.75) is 52.9 Å². The monoisotopic (exact) mass is 441 g/mol. The Kier molecular flexibility index (Phi) is 8.68. The van der Waals surface area contributed by atoms with Gasteiger partial charge in [0, 0.05) is 6.54 Å². The average Bonchev–Trinajstić information content (AvgIpc) is 3.08. The van der Waals surface area contributed by atoms with Gasteiger partial charge >= 0.3 is 0 Å². The van der Waals surface area contributed by atoms with Crippen molar-refractivity contribution in [3.8, 4) is 0 Å². The Labute approximate surface area is 188 Å². The SMILES string of the molecule is CC1CCN(CCc2ccc(P)cc2)CC1.CCCc1cc2sc(N)nc2cc1C. The van der Waals surface area contributed by atoms with Gasteiger partial charge in [-0.25, -0.2) is 4.98 Å². The maximum absolute atomic E-state index is 5.67. The van der Waals surface area contributed by atoms with Crippen LogP contribution in [0, 0.1) is 12.8 Å². The van der Waals surface area contributed by atoms with Gasteiger partial charge in [-0.05, 0) is 85.7 Å². The number of aromatic nitrogens is 1. The van der Waals surface area contributed by atoms with Crippen LogP contribution < -0.4 is 11.0 Å². The van der Waals surface area contributed by atoms with Gasteiger partial charge in [0.2, 0.25) is 0 Å². The molecule has 4 rings (SSSR count). The third-order valence-electron chi connectivity index (χ3n) is 5.95. The lowest BCUT2D eigenvalue weighted by molar-refractivity contribution is 0.194. The van der Waals surface area contributed by atoms with Crippen molar-refractivity contribution in [3.63, 3.8) is 0 Å². The number of rotatable bonds is 5. The molecule has 1 atom stereocenters. The fraction of sp³-hybridized carbons (Fsp3) is 0.480. The Morgan fingerprint density at radius 2 is 1.83 bits per heavy atom. The predicted octanol–water partition coefficient (Wildman–Crippen LogP) is 5.60. The normalized spacial score (nSPS) is 15.2. The highest BCUT2D eigenvalue weighted by Crippen LogP contribution is 2.27. The Morgan fingerprint density at radius 1 is 1.13 bits per heavy atom. The number of hydrogen-bond donors (Lipinski definition) is 1. The molecule has 162 valence electrons. The summed E-state index contributed by atoms with van der Waals surface area (Å²) >= 11 is 1.57. The van der Waals surface area contributed by atoms with Crippen molar-refractivity contribution in [2.24, 2.45) is 5.92 Å². The minimum Gasteiger partial charge on any atom is -0.375 e. The van der Waals surface area contributed by atoms with E-state index in [1.807, 2.05) is 0 Å². The molecule has 0 amide bonds. The van der Waals surface area contributed by atoms with E-state index in [9.17, 15) is 0 Å². The second kappa shape index (κ2) is 11.2. The zero-order valence-corrected chi connectivity index (χ0v) is 20.6. The van der Waals surface area contributed by atoms with Gasteiger partial charge in [-0.2, -0.15) is 0 Å². The van der Waals surface area contributed by atoms with E-state index in [1.165, 1.54) is 72.0 Å². The lowest BCUT2D eigenvalue weighted by Crippen LogP contribution is -2.34. The van der Waals surface area contributed by atoms with Crippen LogP contribution in [0.3, 0.4) is 0 Å². The molecule has 1 aliphatic rings. The highest BCUT2D eigenvalue weighted by atomic mass is 32.1. The van der Waals surface area contributed by atoms with Crippen LogP contribution in [-0.2, 0) is 12.8 Å². The molecule has 2 heterocycles. The zero-order valence-electron chi connectivity index (χ0n) is 18.7. The molecule has 3 aromatic rings. The first-order chi connectivity index (χ1) is 14.4. The summed E-state index contributed by atoms with van der Waals surface area (Å²) in [6, 6.07) is 13.2. The van der Waals surface area contributed by atoms with E-state index in [4.69, 9.17) is 5.73 Å². The smallest absolute Gasteiger partial charge is 0.181 e. The summed E-state index contributed by atoms with van der Waals surface area (Å²) in [4.78, 5) is 6.88. The zero-order chi connectivity index (χ0) is 21.5. The van der Waals surface area contributed by atoms with Crippen LogP contribution in [0.5, 0.6) is 0 Å². The number of fused-ring (bicyclic) bond motifs is 1. The molecule has 1 aliphatic heterocycles. The van der Waals surface area contributed by atoms with Crippen LogP contribution >= 0.6 is 20.6 Å². The molecular formula is C25H36N3PS. The summed E-state index contributed by atoms with van der Waals surface area (Å²) < 4.78 is 1.21. The van der Waals surface area contributed by atoms with Gasteiger partial charge < -0.3 is 10.6 Å². The minimum absolute atomic E-state index is 0.660. The number of hydrogen-bond acceptors (Lipinski definition) is 4. The maximum atomic E-state index is 5.67. The molecule has 2 aromatic carbocycles. The molecule has 0 aliphatic carbocycles. The molecule has 0 saturated carbocycles. The number of piperidine rings is 1. The van der Waals surface area contributed by atoms with Crippen molar-refractivity contribution < 1.29 is 0 Å². The Bertz CT molecular complexity index is 927. The van der Waals surface area contributed by atoms with Crippen molar-refractivity contribution in [1.29, 1.82) is 0 Å². The first-order valence-corrected chi connectivity index (χ1v) is 12.6. The minimum atomic E-state index is 0.660. The van der Waals surface area contributed by atoms with Crippen molar-refractivity contribution in [2.75, 3.05) is 25.4 Å².